The van der Waals surface area contributed by atoms with Gasteiger partial charge in [0.05, 0.1) is 18.5 Å². The minimum Gasteiger partial charge on any atom is -0.497 e. The molecule has 0 bridgehead atoms. The van der Waals surface area contributed by atoms with E-state index in [-0.39, 0.29) is 5.91 Å². The second-order valence-electron chi connectivity index (χ2n) is 6.53. The van der Waals surface area contributed by atoms with Gasteiger partial charge < -0.3 is 9.64 Å². The van der Waals surface area contributed by atoms with Crippen molar-refractivity contribution in [3.8, 4) is 11.4 Å². The number of hydrogen-bond donors (Lipinski definition) is 0. The highest BCUT2D eigenvalue weighted by molar-refractivity contribution is 6.05. The van der Waals surface area contributed by atoms with E-state index in [9.17, 15) is 4.79 Å². The topological polar surface area (TPSA) is 60.2 Å². The van der Waals surface area contributed by atoms with E-state index >= 15 is 0 Å². The first-order valence-electron chi connectivity index (χ1n) is 8.91. The first kappa shape index (κ1) is 18.6. The number of carbonyl (C=O) groups excluding carboxylic acids is 1. The maximum Gasteiger partial charge on any atom is 0.280 e. The Morgan fingerprint density at radius 2 is 1.70 bits per heavy atom. The number of carbonyl (C=O) groups is 1. The summed E-state index contributed by atoms with van der Waals surface area (Å²) in [7, 11) is 1.62. The van der Waals surface area contributed by atoms with Crippen LogP contribution in [0.4, 0.5) is 5.69 Å². The van der Waals surface area contributed by atoms with E-state index < -0.39 is 0 Å². The van der Waals surface area contributed by atoms with Gasteiger partial charge in [0.25, 0.3) is 5.91 Å². The average Bonchev–Trinajstić information content (AvgIpc) is 3.03. The maximum atomic E-state index is 13.2. The molecule has 1 heterocycles. The Balaban J connectivity index is 1.95. The minimum absolute atomic E-state index is 0.153. The molecule has 6 heteroatoms. The zero-order valence-corrected chi connectivity index (χ0v) is 16.4. The molecule has 0 N–H and O–H groups in total. The van der Waals surface area contributed by atoms with E-state index in [1.807, 2.05) is 64.1 Å². The molecule has 0 aliphatic rings. The Labute approximate surface area is 159 Å². The van der Waals surface area contributed by atoms with Crippen molar-refractivity contribution in [2.24, 2.45) is 0 Å². The van der Waals surface area contributed by atoms with Gasteiger partial charge in [-0.2, -0.15) is 0 Å². The zero-order valence-electron chi connectivity index (χ0n) is 16.4. The van der Waals surface area contributed by atoms with Crippen molar-refractivity contribution in [3.05, 3.63) is 65.0 Å². The highest BCUT2D eigenvalue weighted by Gasteiger charge is 2.23. The Morgan fingerprint density at radius 1 is 1.07 bits per heavy atom. The largest absolute Gasteiger partial charge is 0.497 e. The van der Waals surface area contributed by atoms with Crippen LogP contribution in [-0.2, 0) is 0 Å². The SMILES string of the molecule is CCN(C(=O)c1nnn(-c2ccc(OC)cc2)c1C)c1cc(C)cc(C)c1. The molecular formula is C21H24N4O2. The number of amides is 1. The van der Waals surface area contributed by atoms with Gasteiger partial charge in [-0.1, -0.05) is 11.3 Å². The summed E-state index contributed by atoms with van der Waals surface area (Å²) in [5, 5.41) is 8.35. The van der Waals surface area contributed by atoms with Gasteiger partial charge in [0, 0.05) is 12.2 Å². The number of anilines is 1. The third kappa shape index (κ3) is 3.69. The predicted octanol–water partition coefficient (Wildman–Crippen LogP) is 3.87. The highest BCUT2D eigenvalue weighted by Crippen LogP contribution is 2.22. The number of benzene rings is 2. The fourth-order valence-electron chi connectivity index (χ4n) is 3.17. The van der Waals surface area contributed by atoms with Gasteiger partial charge in [-0.05, 0) is 75.2 Å². The van der Waals surface area contributed by atoms with Crippen molar-refractivity contribution < 1.29 is 9.53 Å². The van der Waals surface area contributed by atoms with Crippen LogP contribution in [0.3, 0.4) is 0 Å². The van der Waals surface area contributed by atoms with E-state index in [0.717, 1.165) is 28.3 Å². The molecule has 2 aromatic carbocycles. The summed E-state index contributed by atoms with van der Waals surface area (Å²) < 4.78 is 6.86. The molecule has 0 fully saturated rings. The fraction of sp³-hybridized carbons (Fsp3) is 0.286. The molecule has 3 rings (SSSR count). The van der Waals surface area contributed by atoms with Crippen LogP contribution < -0.4 is 9.64 Å². The number of aryl methyl sites for hydroxylation is 2. The second kappa shape index (κ2) is 7.61. The molecule has 1 aromatic heterocycles. The van der Waals surface area contributed by atoms with E-state index in [4.69, 9.17) is 4.74 Å². The number of ether oxygens (including phenoxy) is 1. The van der Waals surface area contributed by atoms with E-state index in [0.29, 0.717) is 17.9 Å². The van der Waals surface area contributed by atoms with Crippen LogP contribution in [0.2, 0.25) is 0 Å². The quantitative estimate of drug-likeness (QED) is 0.690. The molecule has 140 valence electrons. The summed E-state index contributed by atoms with van der Waals surface area (Å²) in [6, 6.07) is 13.6. The van der Waals surface area contributed by atoms with Crippen molar-refractivity contribution in [3.63, 3.8) is 0 Å². The third-order valence-electron chi connectivity index (χ3n) is 4.49. The van der Waals surface area contributed by atoms with Crippen LogP contribution in [0.1, 0.15) is 34.2 Å². The van der Waals surface area contributed by atoms with Gasteiger partial charge in [-0.25, -0.2) is 4.68 Å². The average molecular weight is 364 g/mol. The predicted molar refractivity (Wildman–Crippen MR) is 106 cm³/mol. The van der Waals surface area contributed by atoms with Crippen LogP contribution in [0.15, 0.2) is 42.5 Å². The Hall–Kier alpha value is -3.15. The Morgan fingerprint density at radius 3 is 2.26 bits per heavy atom. The number of aromatic nitrogens is 3. The maximum absolute atomic E-state index is 13.2. The van der Waals surface area contributed by atoms with Gasteiger partial charge in [0.15, 0.2) is 5.69 Å². The first-order valence-corrected chi connectivity index (χ1v) is 8.91. The molecule has 0 unspecified atom stereocenters. The van der Waals surface area contributed by atoms with Crippen molar-refractivity contribution in [2.45, 2.75) is 27.7 Å². The molecule has 0 saturated carbocycles. The fourth-order valence-corrected chi connectivity index (χ4v) is 3.17. The molecule has 6 nitrogen and oxygen atoms in total. The lowest BCUT2D eigenvalue weighted by Gasteiger charge is -2.21. The molecule has 0 radical (unpaired) electrons. The van der Waals surface area contributed by atoms with Gasteiger partial charge in [-0.15, -0.1) is 5.10 Å². The smallest absolute Gasteiger partial charge is 0.280 e. The number of nitrogens with zero attached hydrogens (tertiary/aromatic N) is 4. The lowest BCUT2D eigenvalue weighted by atomic mass is 10.1. The van der Waals surface area contributed by atoms with Gasteiger partial charge in [-0.3, -0.25) is 4.79 Å². The summed E-state index contributed by atoms with van der Waals surface area (Å²) in [6.07, 6.45) is 0. The Kier molecular flexibility index (Phi) is 5.26. The van der Waals surface area contributed by atoms with Crippen molar-refractivity contribution in [1.29, 1.82) is 0 Å². The third-order valence-corrected chi connectivity index (χ3v) is 4.49. The summed E-state index contributed by atoms with van der Waals surface area (Å²) in [5.74, 6) is 0.611. The molecule has 0 spiro atoms. The lowest BCUT2D eigenvalue weighted by Crippen LogP contribution is -2.31. The minimum atomic E-state index is -0.153. The van der Waals surface area contributed by atoms with Crippen LogP contribution in [0.5, 0.6) is 5.75 Å². The molecule has 27 heavy (non-hydrogen) atoms. The molecule has 1 amide bonds. The van der Waals surface area contributed by atoms with Crippen molar-refractivity contribution in [2.75, 3.05) is 18.6 Å². The monoisotopic (exact) mass is 364 g/mol. The summed E-state index contributed by atoms with van der Waals surface area (Å²) in [5.41, 5.74) is 5.00. The van der Waals surface area contributed by atoms with Gasteiger partial charge in [0.1, 0.15) is 5.75 Å². The number of rotatable bonds is 5. The summed E-state index contributed by atoms with van der Waals surface area (Å²) in [4.78, 5) is 14.9. The van der Waals surface area contributed by atoms with Crippen LogP contribution in [0.25, 0.3) is 5.69 Å². The standard InChI is InChI=1S/C21H24N4O2/c1-6-24(18-12-14(2)11-15(3)13-18)21(26)20-16(4)25(23-22-20)17-7-9-19(27-5)10-8-17/h7-13H,6H2,1-5H3. The zero-order chi connectivity index (χ0) is 19.6. The molecule has 3 aromatic rings. The van der Waals surface area contributed by atoms with Gasteiger partial charge >= 0.3 is 0 Å². The molecule has 0 saturated heterocycles. The van der Waals surface area contributed by atoms with Crippen LogP contribution in [-0.4, -0.2) is 34.6 Å². The van der Waals surface area contributed by atoms with Crippen molar-refractivity contribution >= 4 is 11.6 Å². The van der Waals surface area contributed by atoms with E-state index in [2.05, 4.69) is 16.4 Å². The Bertz CT molecular complexity index is 941. The number of hydrogen-bond acceptors (Lipinski definition) is 4. The lowest BCUT2D eigenvalue weighted by molar-refractivity contribution is 0.0983. The van der Waals surface area contributed by atoms with Gasteiger partial charge in [0.2, 0.25) is 0 Å². The number of methoxy groups -OCH3 is 1. The normalized spacial score (nSPS) is 10.7. The summed E-state index contributed by atoms with van der Waals surface area (Å²) >= 11 is 0. The van der Waals surface area contributed by atoms with E-state index in [1.54, 1.807) is 16.7 Å². The van der Waals surface area contributed by atoms with E-state index in [1.165, 1.54) is 0 Å². The summed E-state index contributed by atoms with van der Waals surface area (Å²) in [6.45, 7) is 8.42. The van der Waals surface area contributed by atoms with Crippen LogP contribution >= 0.6 is 0 Å². The molecular weight excluding hydrogens is 340 g/mol. The second-order valence-corrected chi connectivity index (χ2v) is 6.53. The highest BCUT2D eigenvalue weighted by atomic mass is 16.5. The first-order chi connectivity index (χ1) is 12.9. The molecule has 0 aliphatic heterocycles. The molecule has 0 aliphatic carbocycles. The molecule has 0 atom stereocenters. The van der Waals surface area contributed by atoms with Crippen molar-refractivity contribution in [1.82, 2.24) is 15.0 Å². The van der Waals surface area contributed by atoms with Crippen LogP contribution in [0, 0.1) is 20.8 Å².